The minimum atomic E-state index is -0.272. The zero-order valence-electron chi connectivity index (χ0n) is 14.9. The number of hydrogen-bond donors (Lipinski definition) is 2. The van der Waals surface area contributed by atoms with Gasteiger partial charge in [-0.05, 0) is 60.9 Å². The fourth-order valence-corrected chi connectivity index (χ4v) is 3.52. The van der Waals surface area contributed by atoms with E-state index in [1.807, 2.05) is 25.1 Å². The molecule has 0 fully saturated rings. The van der Waals surface area contributed by atoms with Crippen LogP contribution in [0, 0.1) is 5.82 Å². The Balaban J connectivity index is 1.50. The summed E-state index contributed by atoms with van der Waals surface area (Å²) in [6.45, 7) is 1.83. The van der Waals surface area contributed by atoms with Crippen molar-refractivity contribution in [3.05, 3.63) is 59.4 Å². The van der Waals surface area contributed by atoms with E-state index in [0.717, 1.165) is 21.7 Å². The Morgan fingerprint density at radius 2 is 2.00 bits per heavy atom. The average molecular weight is 385 g/mol. The maximum Gasteiger partial charge on any atom is 0.240 e. The molecule has 0 saturated heterocycles. The predicted molar refractivity (Wildman–Crippen MR) is 105 cm³/mol. The van der Waals surface area contributed by atoms with Crippen LogP contribution in [-0.4, -0.2) is 23.3 Å². The van der Waals surface area contributed by atoms with E-state index in [9.17, 15) is 14.0 Å². The highest BCUT2D eigenvalue weighted by Gasteiger charge is 2.15. The highest BCUT2D eigenvalue weighted by molar-refractivity contribution is 7.99. The Hall–Kier alpha value is -2.67. The van der Waals surface area contributed by atoms with E-state index in [4.69, 9.17) is 0 Å². The average Bonchev–Trinajstić information content (AvgIpc) is 2.67. The van der Waals surface area contributed by atoms with E-state index in [1.54, 1.807) is 12.1 Å². The first-order chi connectivity index (χ1) is 13.0. The summed E-state index contributed by atoms with van der Waals surface area (Å²) in [5.74, 6) is 0.178. The number of carbonyl (C=O) groups is 2. The van der Waals surface area contributed by atoms with E-state index in [-0.39, 0.29) is 17.6 Å². The summed E-state index contributed by atoms with van der Waals surface area (Å²) in [5, 5.41) is 7.01. The molecular weight excluding hydrogens is 365 g/mol. The molecule has 0 aliphatic carbocycles. The smallest absolute Gasteiger partial charge is 0.240 e. The lowest BCUT2D eigenvalue weighted by atomic mass is 9.99. The zero-order chi connectivity index (χ0) is 19.2. The number of rotatable bonds is 6. The Kier molecular flexibility index (Phi) is 6.24. The molecular formula is C20H20FN3O2S. The Labute approximate surface area is 161 Å². The number of nitrogens with one attached hydrogen (secondary N) is 2. The number of fused-ring (bicyclic) bond motifs is 1. The lowest BCUT2D eigenvalue weighted by molar-refractivity contribution is -0.120. The molecule has 1 aliphatic heterocycles. The van der Waals surface area contributed by atoms with Crippen LogP contribution in [-0.2, 0) is 16.0 Å². The van der Waals surface area contributed by atoms with Crippen LogP contribution in [0.1, 0.15) is 30.9 Å². The molecule has 2 aromatic carbocycles. The number of amides is 2. The highest BCUT2D eigenvalue weighted by Crippen LogP contribution is 2.24. The Morgan fingerprint density at radius 3 is 2.78 bits per heavy atom. The predicted octanol–water partition coefficient (Wildman–Crippen LogP) is 3.73. The van der Waals surface area contributed by atoms with Crippen molar-refractivity contribution in [3.8, 4) is 0 Å². The van der Waals surface area contributed by atoms with Crippen LogP contribution in [0.15, 0.2) is 52.5 Å². The number of aryl methyl sites for hydroxylation is 1. The molecule has 7 heteroatoms. The van der Waals surface area contributed by atoms with Crippen LogP contribution >= 0.6 is 11.8 Å². The molecule has 27 heavy (non-hydrogen) atoms. The maximum absolute atomic E-state index is 12.9. The molecule has 1 heterocycles. The summed E-state index contributed by atoms with van der Waals surface area (Å²) in [6, 6.07) is 11.9. The molecule has 0 bridgehead atoms. The van der Waals surface area contributed by atoms with Crippen molar-refractivity contribution in [3.63, 3.8) is 0 Å². The monoisotopic (exact) mass is 385 g/mol. The van der Waals surface area contributed by atoms with E-state index >= 15 is 0 Å². The molecule has 0 aromatic heterocycles. The first kappa shape index (κ1) is 19.1. The third kappa shape index (κ3) is 5.40. The van der Waals surface area contributed by atoms with Gasteiger partial charge in [0.15, 0.2) is 0 Å². The summed E-state index contributed by atoms with van der Waals surface area (Å²) < 4.78 is 12.9. The molecule has 140 valence electrons. The minimum absolute atomic E-state index is 0.0337. The van der Waals surface area contributed by atoms with Crippen molar-refractivity contribution in [2.24, 2.45) is 5.10 Å². The fraction of sp³-hybridized carbons (Fsp3) is 0.250. The van der Waals surface area contributed by atoms with E-state index in [0.29, 0.717) is 30.7 Å². The van der Waals surface area contributed by atoms with E-state index in [2.05, 4.69) is 15.8 Å². The summed E-state index contributed by atoms with van der Waals surface area (Å²) >= 11 is 1.49. The van der Waals surface area contributed by atoms with Gasteiger partial charge in [-0.3, -0.25) is 9.59 Å². The van der Waals surface area contributed by atoms with Crippen LogP contribution in [0.4, 0.5) is 10.1 Å². The van der Waals surface area contributed by atoms with Crippen molar-refractivity contribution >= 4 is 35.0 Å². The van der Waals surface area contributed by atoms with Crippen LogP contribution < -0.4 is 10.7 Å². The second-order valence-corrected chi connectivity index (χ2v) is 7.37. The van der Waals surface area contributed by atoms with Gasteiger partial charge in [0, 0.05) is 29.2 Å². The van der Waals surface area contributed by atoms with E-state index in [1.165, 1.54) is 23.9 Å². The van der Waals surface area contributed by atoms with E-state index < -0.39 is 0 Å². The molecule has 0 spiro atoms. The first-order valence-corrected chi connectivity index (χ1v) is 9.64. The molecule has 0 saturated carbocycles. The van der Waals surface area contributed by atoms with Crippen LogP contribution in [0.2, 0.25) is 0 Å². The van der Waals surface area contributed by atoms with Gasteiger partial charge in [0.2, 0.25) is 11.8 Å². The number of nitrogens with zero attached hydrogens (tertiary/aromatic N) is 1. The van der Waals surface area contributed by atoms with Crippen molar-refractivity contribution in [1.29, 1.82) is 0 Å². The van der Waals surface area contributed by atoms with Gasteiger partial charge >= 0.3 is 0 Å². The largest absolute Gasteiger partial charge is 0.326 e. The quantitative estimate of drug-likeness (QED) is 0.452. The third-order valence-corrected chi connectivity index (χ3v) is 5.19. The number of thioether (sulfide) groups is 1. The molecule has 0 atom stereocenters. The van der Waals surface area contributed by atoms with Gasteiger partial charge in [-0.25, -0.2) is 9.82 Å². The van der Waals surface area contributed by atoms with Gasteiger partial charge in [0.25, 0.3) is 0 Å². The van der Waals surface area contributed by atoms with Gasteiger partial charge in [0.05, 0.1) is 5.71 Å². The van der Waals surface area contributed by atoms with Gasteiger partial charge < -0.3 is 5.32 Å². The van der Waals surface area contributed by atoms with Crippen molar-refractivity contribution < 1.29 is 14.0 Å². The molecule has 0 radical (unpaired) electrons. The molecule has 2 aromatic rings. The number of anilines is 1. The molecule has 3 rings (SSSR count). The molecule has 0 unspecified atom stereocenters. The maximum atomic E-state index is 12.9. The van der Waals surface area contributed by atoms with Gasteiger partial charge in [-0.2, -0.15) is 5.10 Å². The van der Waals surface area contributed by atoms with Crippen molar-refractivity contribution in [2.75, 3.05) is 11.1 Å². The van der Waals surface area contributed by atoms with Gasteiger partial charge in [-0.15, -0.1) is 11.8 Å². The number of hydrazone groups is 1. The van der Waals surface area contributed by atoms with Crippen LogP contribution in [0.3, 0.4) is 0 Å². The van der Waals surface area contributed by atoms with Gasteiger partial charge in [0.1, 0.15) is 5.82 Å². The number of benzene rings is 2. The normalized spacial score (nSPS) is 13.7. The molecule has 2 N–H and O–H groups in total. The molecule has 1 aliphatic rings. The first-order valence-electron chi connectivity index (χ1n) is 8.66. The molecule has 2 amide bonds. The SMILES string of the molecule is C/C(=N\NC(=O)CCSc1ccc(F)cc1)c1ccc2c(c1)CCC(=O)N2. The Bertz CT molecular complexity index is 881. The minimum Gasteiger partial charge on any atom is -0.326 e. The Morgan fingerprint density at radius 1 is 1.22 bits per heavy atom. The number of hydrogen-bond acceptors (Lipinski definition) is 4. The van der Waals surface area contributed by atoms with Crippen molar-refractivity contribution in [2.45, 2.75) is 31.1 Å². The zero-order valence-corrected chi connectivity index (χ0v) is 15.7. The van der Waals surface area contributed by atoms with Crippen LogP contribution in [0.25, 0.3) is 0 Å². The topological polar surface area (TPSA) is 70.6 Å². The summed E-state index contributed by atoms with van der Waals surface area (Å²) in [5.41, 5.74) is 6.09. The summed E-state index contributed by atoms with van der Waals surface area (Å²) in [6.07, 6.45) is 1.50. The second kappa shape index (κ2) is 8.81. The van der Waals surface area contributed by atoms with Crippen LogP contribution in [0.5, 0.6) is 0 Å². The lowest BCUT2D eigenvalue weighted by Crippen LogP contribution is -2.20. The number of halogens is 1. The summed E-state index contributed by atoms with van der Waals surface area (Å²) in [7, 11) is 0. The van der Waals surface area contributed by atoms with Gasteiger partial charge in [-0.1, -0.05) is 6.07 Å². The standard InChI is InChI=1S/C20H20FN3O2S/c1-13(14-2-8-18-15(12-14)3-9-19(25)22-18)23-24-20(26)10-11-27-17-6-4-16(21)5-7-17/h2,4-8,12H,3,9-11H2,1H3,(H,22,25)(H,24,26)/b23-13+. The second-order valence-electron chi connectivity index (χ2n) is 6.20. The molecule has 5 nitrogen and oxygen atoms in total. The fourth-order valence-electron chi connectivity index (χ4n) is 2.67. The lowest BCUT2D eigenvalue weighted by Gasteiger charge is -2.17. The number of carbonyl (C=O) groups excluding carboxylic acids is 2. The summed E-state index contributed by atoms with van der Waals surface area (Å²) in [4.78, 5) is 24.3. The van der Waals surface area contributed by atoms with Crippen molar-refractivity contribution in [1.82, 2.24) is 5.43 Å². The third-order valence-electron chi connectivity index (χ3n) is 4.18. The highest BCUT2D eigenvalue weighted by atomic mass is 32.2.